The van der Waals surface area contributed by atoms with Crippen LogP contribution in [0.5, 0.6) is 0 Å². The smallest absolute Gasteiger partial charge is 0.307 e. The van der Waals surface area contributed by atoms with Gasteiger partial charge in [-0.3, -0.25) is 4.79 Å². The number of fused-ring (bicyclic) bond motifs is 5. The summed E-state index contributed by atoms with van der Waals surface area (Å²) in [6.07, 6.45) is 14.5. The second-order valence-corrected chi connectivity index (χ2v) is 12.1. The molecular weight excluding hydrogens is 388 g/mol. The molecule has 4 heteroatoms. The summed E-state index contributed by atoms with van der Waals surface area (Å²) in [6, 6.07) is 0. The maximum Gasteiger partial charge on any atom is 0.307 e. The number of carbonyl (C=O) groups is 1. The normalized spacial score (nSPS) is 48.1. The Morgan fingerprint density at radius 3 is 2.45 bits per heavy atom. The van der Waals surface area contributed by atoms with E-state index >= 15 is 0 Å². The highest BCUT2D eigenvalue weighted by atomic mass is 16.4. The molecule has 0 aromatic carbocycles. The van der Waals surface area contributed by atoms with Crippen LogP contribution in [0.4, 0.5) is 0 Å². The topological polar surface area (TPSA) is 77.8 Å². The van der Waals surface area contributed by atoms with Gasteiger partial charge in [-0.15, -0.1) is 0 Å². The lowest BCUT2D eigenvalue weighted by Crippen LogP contribution is -2.58. The predicted molar refractivity (Wildman–Crippen MR) is 122 cm³/mol. The Hall–Kier alpha value is -0.870. The fourth-order valence-electron chi connectivity index (χ4n) is 9.04. The van der Waals surface area contributed by atoms with Crippen molar-refractivity contribution < 1.29 is 20.1 Å². The molecule has 0 aliphatic heterocycles. The van der Waals surface area contributed by atoms with E-state index in [4.69, 9.17) is 5.11 Å². The average molecular weight is 433 g/mol. The van der Waals surface area contributed by atoms with Crippen molar-refractivity contribution in [1.29, 1.82) is 0 Å². The zero-order valence-corrected chi connectivity index (χ0v) is 19.8. The molecule has 3 N–H and O–H groups in total. The van der Waals surface area contributed by atoms with Crippen molar-refractivity contribution in [3.63, 3.8) is 0 Å². The van der Waals surface area contributed by atoms with Crippen LogP contribution in [0.15, 0.2) is 12.2 Å². The second kappa shape index (κ2) is 8.82. The Kier molecular flexibility index (Phi) is 6.63. The molecule has 0 saturated heterocycles. The first-order valence-electron chi connectivity index (χ1n) is 12.9. The van der Waals surface area contributed by atoms with Gasteiger partial charge >= 0.3 is 5.97 Å². The van der Waals surface area contributed by atoms with E-state index in [9.17, 15) is 15.0 Å². The molecule has 0 radical (unpaired) electrons. The molecule has 176 valence electrons. The third kappa shape index (κ3) is 4.12. The van der Waals surface area contributed by atoms with E-state index < -0.39 is 5.97 Å². The molecule has 10 atom stereocenters. The van der Waals surface area contributed by atoms with Gasteiger partial charge in [-0.2, -0.15) is 0 Å². The lowest BCUT2D eigenvalue weighted by atomic mass is 9.43. The van der Waals surface area contributed by atoms with E-state index in [1.54, 1.807) is 6.08 Å². The first kappa shape index (κ1) is 23.3. The van der Waals surface area contributed by atoms with Crippen LogP contribution in [0.25, 0.3) is 0 Å². The predicted octanol–water partition coefficient (Wildman–Crippen LogP) is 5.42. The summed E-state index contributed by atoms with van der Waals surface area (Å²) in [4.78, 5) is 10.7. The number of rotatable bonds is 6. The van der Waals surface area contributed by atoms with Crippen molar-refractivity contribution in [2.45, 2.75) is 104 Å². The molecule has 0 amide bonds. The quantitative estimate of drug-likeness (QED) is 0.490. The van der Waals surface area contributed by atoms with Gasteiger partial charge in [0.25, 0.3) is 0 Å². The van der Waals surface area contributed by atoms with Gasteiger partial charge in [0.15, 0.2) is 0 Å². The standard InChI is InChI=1S/C27H44O4/c1-17(7-5-4-6-8-24(30)31)20-9-10-21-25-22(12-14-27(20,21)3)26(2)13-11-19(28)15-18(26)16-23(25)29/h4,6,17-23,25,28-29H,5,7-16H2,1-3H3,(H,30,31)/b6-4+/t17?,18-,19+,20?,21?,22?,23?,25?,26?,27?/m0/s1. The van der Waals surface area contributed by atoms with Crippen LogP contribution in [0.3, 0.4) is 0 Å². The Morgan fingerprint density at radius 2 is 1.71 bits per heavy atom. The second-order valence-electron chi connectivity index (χ2n) is 12.1. The Bertz CT molecular complexity index is 689. The van der Waals surface area contributed by atoms with Crippen LogP contribution in [-0.4, -0.2) is 33.5 Å². The molecule has 4 rings (SSSR count). The van der Waals surface area contributed by atoms with Gasteiger partial charge in [0.1, 0.15) is 0 Å². The number of hydrogen-bond donors (Lipinski definition) is 3. The van der Waals surface area contributed by atoms with E-state index in [1.165, 1.54) is 25.7 Å². The number of carboxylic acids is 1. The number of aliphatic carboxylic acids is 1. The van der Waals surface area contributed by atoms with Gasteiger partial charge in [0, 0.05) is 0 Å². The SMILES string of the molecule is CC(CC/C=C/CC(=O)O)C1CCC2C3C(O)C[C@@H]4C[C@H](O)CCC4(C)C3CCC12C. The fraction of sp³-hybridized carbons (Fsp3) is 0.889. The van der Waals surface area contributed by atoms with Gasteiger partial charge in [0.05, 0.1) is 18.6 Å². The van der Waals surface area contributed by atoms with E-state index in [2.05, 4.69) is 20.8 Å². The molecule has 0 bridgehead atoms. The number of hydrogen-bond acceptors (Lipinski definition) is 3. The summed E-state index contributed by atoms with van der Waals surface area (Å²) in [7, 11) is 0. The van der Waals surface area contributed by atoms with Gasteiger partial charge in [-0.1, -0.05) is 32.9 Å². The van der Waals surface area contributed by atoms with Gasteiger partial charge < -0.3 is 15.3 Å². The summed E-state index contributed by atoms with van der Waals surface area (Å²) < 4.78 is 0. The van der Waals surface area contributed by atoms with Crippen molar-refractivity contribution in [1.82, 2.24) is 0 Å². The monoisotopic (exact) mass is 432 g/mol. The maximum atomic E-state index is 11.3. The Morgan fingerprint density at radius 1 is 1.00 bits per heavy atom. The Labute approximate surface area is 188 Å². The fourth-order valence-corrected chi connectivity index (χ4v) is 9.04. The van der Waals surface area contributed by atoms with Gasteiger partial charge in [-0.05, 0) is 111 Å². The van der Waals surface area contributed by atoms with Crippen molar-refractivity contribution in [3.05, 3.63) is 12.2 Å². The highest BCUT2D eigenvalue weighted by molar-refractivity contribution is 5.68. The van der Waals surface area contributed by atoms with Crippen LogP contribution < -0.4 is 0 Å². The molecular formula is C27H44O4. The molecule has 0 aromatic rings. The first-order chi connectivity index (χ1) is 14.7. The minimum atomic E-state index is -0.762. The van der Waals surface area contributed by atoms with Crippen molar-refractivity contribution in [2.75, 3.05) is 0 Å². The number of allylic oxidation sites excluding steroid dienone is 1. The number of carboxylic acid groups (broad SMARTS) is 1. The van der Waals surface area contributed by atoms with Crippen LogP contribution in [-0.2, 0) is 4.79 Å². The highest BCUT2D eigenvalue weighted by Gasteiger charge is 2.62. The molecule has 4 aliphatic rings. The molecule has 0 heterocycles. The molecule has 31 heavy (non-hydrogen) atoms. The number of aliphatic hydroxyl groups excluding tert-OH is 2. The molecule has 0 aromatic heterocycles. The highest BCUT2D eigenvalue weighted by Crippen LogP contribution is 2.68. The molecule has 4 nitrogen and oxygen atoms in total. The van der Waals surface area contributed by atoms with Crippen LogP contribution >= 0.6 is 0 Å². The molecule has 4 aliphatic carbocycles. The zero-order valence-electron chi connectivity index (χ0n) is 19.8. The van der Waals surface area contributed by atoms with Gasteiger partial charge in [-0.25, -0.2) is 0 Å². The van der Waals surface area contributed by atoms with Crippen LogP contribution in [0.2, 0.25) is 0 Å². The lowest BCUT2D eigenvalue weighted by Gasteiger charge is -2.62. The van der Waals surface area contributed by atoms with E-state index in [0.29, 0.717) is 46.3 Å². The molecule has 4 saturated carbocycles. The van der Waals surface area contributed by atoms with Crippen LogP contribution in [0.1, 0.15) is 91.4 Å². The van der Waals surface area contributed by atoms with Crippen molar-refractivity contribution in [2.24, 2.45) is 46.3 Å². The third-order valence-electron chi connectivity index (χ3n) is 10.7. The summed E-state index contributed by atoms with van der Waals surface area (Å²) >= 11 is 0. The summed E-state index contributed by atoms with van der Waals surface area (Å²) in [5.41, 5.74) is 0.618. The zero-order chi connectivity index (χ0) is 22.4. The largest absolute Gasteiger partial charge is 0.481 e. The minimum Gasteiger partial charge on any atom is -0.481 e. The molecule has 4 fully saturated rings. The number of aliphatic hydroxyl groups is 2. The maximum absolute atomic E-state index is 11.3. The van der Waals surface area contributed by atoms with Crippen molar-refractivity contribution in [3.8, 4) is 0 Å². The summed E-state index contributed by atoms with van der Waals surface area (Å²) in [5.74, 6) is 2.72. The lowest BCUT2D eigenvalue weighted by molar-refractivity contribution is -0.174. The minimum absolute atomic E-state index is 0.120. The molecule has 0 spiro atoms. The average Bonchev–Trinajstić information content (AvgIpc) is 3.06. The molecule has 8 unspecified atom stereocenters. The Balaban J connectivity index is 1.45. The summed E-state index contributed by atoms with van der Waals surface area (Å²) in [5, 5.41) is 30.4. The van der Waals surface area contributed by atoms with Crippen LogP contribution in [0, 0.1) is 46.3 Å². The van der Waals surface area contributed by atoms with Crippen molar-refractivity contribution >= 4 is 5.97 Å². The van der Waals surface area contributed by atoms with E-state index in [0.717, 1.165) is 38.5 Å². The van der Waals surface area contributed by atoms with E-state index in [-0.39, 0.29) is 18.6 Å². The third-order valence-corrected chi connectivity index (χ3v) is 10.7. The van der Waals surface area contributed by atoms with E-state index in [1.807, 2.05) is 6.08 Å². The summed E-state index contributed by atoms with van der Waals surface area (Å²) in [6.45, 7) is 7.40. The van der Waals surface area contributed by atoms with Gasteiger partial charge in [0.2, 0.25) is 0 Å². The first-order valence-corrected chi connectivity index (χ1v) is 12.9.